The Morgan fingerprint density at radius 1 is 1.25 bits per heavy atom. The minimum absolute atomic E-state index is 0.0287. The van der Waals surface area contributed by atoms with Crippen LogP contribution in [0.4, 0.5) is 0 Å². The molecule has 0 atom stereocenters. The van der Waals surface area contributed by atoms with Crippen molar-refractivity contribution in [3.05, 3.63) is 29.8 Å². The van der Waals surface area contributed by atoms with E-state index >= 15 is 0 Å². The Labute approximate surface area is 120 Å². The topological polar surface area (TPSA) is 83.8 Å². The summed E-state index contributed by atoms with van der Waals surface area (Å²) in [6.07, 6.45) is 1.25. The minimum atomic E-state index is -4.63. The maximum Gasteiger partial charge on any atom is 0.524 e. The van der Waals surface area contributed by atoms with Crippen molar-refractivity contribution in [3.63, 3.8) is 0 Å². The van der Waals surface area contributed by atoms with Gasteiger partial charge in [-0.3, -0.25) is 14.6 Å². The van der Waals surface area contributed by atoms with Gasteiger partial charge in [0.25, 0.3) is 0 Å². The summed E-state index contributed by atoms with van der Waals surface area (Å²) in [7, 11) is -4.63. The Kier molecular flexibility index (Phi) is 7.14. The van der Waals surface area contributed by atoms with Crippen LogP contribution in [0.25, 0.3) is 0 Å². The summed E-state index contributed by atoms with van der Waals surface area (Å²) >= 11 is 0. The van der Waals surface area contributed by atoms with Crippen molar-refractivity contribution < 1.29 is 23.7 Å². The molecule has 0 unspecified atom stereocenters. The summed E-state index contributed by atoms with van der Waals surface area (Å²) in [5, 5.41) is 0. The van der Waals surface area contributed by atoms with Crippen LogP contribution in [0, 0.1) is 0 Å². The Hall–Kier alpha value is -1.16. The summed E-state index contributed by atoms with van der Waals surface area (Å²) in [5.74, 6) is -0.0831. The molecule has 1 aromatic carbocycles. The molecule has 2 N–H and O–H groups in total. The normalized spacial score (nSPS) is 11.3. The van der Waals surface area contributed by atoms with Crippen LogP contribution in [-0.2, 0) is 14.8 Å². The van der Waals surface area contributed by atoms with Gasteiger partial charge in [-0.05, 0) is 26.8 Å². The van der Waals surface area contributed by atoms with E-state index in [2.05, 4.69) is 18.4 Å². The van der Waals surface area contributed by atoms with E-state index < -0.39 is 13.2 Å². The van der Waals surface area contributed by atoms with Crippen LogP contribution >= 0.6 is 7.82 Å². The fraction of sp³-hybridized carbons (Fsp3) is 0.500. The molecule has 0 aliphatic carbocycles. The van der Waals surface area contributed by atoms with Gasteiger partial charge in [0, 0.05) is 5.56 Å². The number of rotatable bonds is 4. The lowest BCUT2D eigenvalue weighted by Gasteiger charge is -2.24. The van der Waals surface area contributed by atoms with E-state index in [0.29, 0.717) is 5.56 Å². The summed E-state index contributed by atoms with van der Waals surface area (Å²) in [5.41, 5.74) is -0.401. The first kappa shape index (κ1) is 18.8. The molecule has 20 heavy (non-hydrogen) atoms. The quantitative estimate of drug-likeness (QED) is 0.832. The summed E-state index contributed by atoms with van der Waals surface area (Å²) in [6, 6.07) is 6.32. The smallest absolute Gasteiger partial charge is 0.404 e. The third kappa shape index (κ3) is 5.87. The molecule has 0 fully saturated rings. The zero-order valence-electron chi connectivity index (χ0n) is 12.6. The van der Waals surface area contributed by atoms with Crippen molar-refractivity contribution in [1.29, 1.82) is 0 Å². The van der Waals surface area contributed by atoms with Gasteiger partial charge in [0.15, 0.2) is 0 Å². The monoisotopic (exact) mass is 302 g/mol. The van der Waals surface area contributed by atoms with Crippen molar-refractivity contribution >= 4 is 13.6 Å². The number of carbonyl (C=O) groups is 1. The van der Waals surface area contributed by atoms with E-state index in [-0.39, 0.29) is 11.5 Å². The molecule has 1 aromatic rings. The molecule has 0 saturated carbocycles. The van der Waals surface area contributed by atoms with E-state index in [9.17, 15) is 9.36 Å². The van der Waals surface area contributed by atoms with Gasteiger partial charge in [-0.25, -0.2) is 4.57 Å². The molecular weight excluding hydrogens is 279 g/mol. The predicted molar refractivity (Wildman–Crippen MR) is 78.8 cm³/mol. The van der Waals surface area contributed by atoms with Crippen LogP contribution in [0.5, 0.6) is 5.75 Å². The van der Waals surface area contributed by atoms with Crippen molar-refractivity contribution in [1.82, 2.24) is 0 Å². The lowest BCUT2D eigenvalue weighted by molar-refractivity contribution is -0.121. The first-order valence-electron chi connectivity index (χ1n) is 6.41. The van der Waals surface area contributed by atoms with Gasteiger partial charge in [0.05, 0.1) is 5.41 Å². The number of Topliss-reactive ketones (excluding diaryl/α,β-unsaturated/α-hetero) is 1. The Morgan fingerprint density at radius 2 is 1.70 bits per heavy atom. The highest BCUT2D eigenvalue weighted by molar-refractivity contribution is 7.46. The fourth-order valence-corrected chi connectivity index (χ4v) is 1.80. The molecular formula is C14H23O5P. The van der Waals surface area contributed by atoms with Gasteiger partial charge < -0.3 is 4.52 Å². The van der Waals surface area contributed by atoms with Gasteiger partial charge >= 0.3 is 7.82 Å². The summed E-state index contributed by atoms with van der Waals surface area (Å²) in [4.78, 5) is 29.1. The lowest BCUT2D eigenvalue weighted by atomic mass is 9.81. The Bertz CT molecular complexity index is 490. The lowest BCUT2D eigenvalue weighted by Crippen LogP contribution is -2.27. The van der Waals surface area contributed by atoms with Gasteiger partial charge in [0.1, 0.15) is 11.5 Å². The minimum Gasteiger partial charge on any atom is -0.404 e. The number of phosphoric acid groups is 1. The molecule has 0 radical (unpaired) electrons. The predicted octanol–water partition coefficient (Wildman–Crippen LogP) is 3.44. The average Bonchev–Trinajstić information content (AvgIpc) is 2.28. The van der Waals surface area contributed by atoms with Gasteiger partial charge in [-0.1, -0.05) is 38.5 Å². The van der Waals surface area contributed by atoms with E-state index in [0.717, 1.165) is 0 Å². The molecule has 0 aliphatic heterocycles. The largest absolute Gasteiger partial charge is 0.524 e. The molecule has 0 heterocycles. The highest BCUT2D eigenvalue weighted by Crippen LogP contribution is 2.42. The second-order valence-corrected chi connectivity index (χ2v) is 6.13. The molecule has 0 bridgehead atoms. The van der Waals surface area contributed by atoms with Crippen LogP contribution in [-0.4, -0.2) is 15.6 Å². The third-order valence-electron chi connectivity index (χ3n) is 2.66. The van der Waals surface area contributed by atoms with E-state index in [1.807, 2.05) is 0 Å². The number of hydrogen-bond acceptors (Lipinski definition) is 3. The molecule has 114 valence electrons. The summed E-state index contributed by atoms with van der Waals surface area (Å²) in [6.45, 7) is 9.03. The van der Waals surface area contributed by atoms with Crippen molar-refractivity contribution in [2.45, 2.75) is 46.5 Å². The molecule has 0 spiro atoms. The molecule has 5 nitrogen and oxygen atoms in total. The standard InChI is InChI=1S/C11H15O5P.C3H8/c1-8(12)11(2,3)9-6-4-5-7-10(9)16-17(13,14)15;1-3-2/h4-7H,1-3H3,(H2,13,14,15);3H2,1-2H3. The molecule has 0 aliphatic rings. The second-order valence-electron chi connectivity index (χ2n) is 4.97. The number of phosphoric ester groups is 1. The first-order valence-corrected chi connectivity index (χ1v) is 7.95. The van der Waals surface area contributed by atoms with E-state index in [4.69, 9.17) is 9.79 Å². The van der Waals surface area contributed by atoms with Crippen molar-refractivity contribution in [2.24, 2.45) is 0 Å². The van der Waals surface area contributed by atoms with Gasteiger partial charge in [-0.2, -0.15) is 0 Å². The van der Waals surface area contributed by atoms with Crippen LogP contribution in [0.3, 0.4) is 0 Å². The first-order chi connectivity index (χ1) is 9.06. The molecule has 0 saturated heterocycles. The Balaban J connectivity index is 0.00000110. The highest BCUT2D eigenvalue weighted by Gasteiger charge is 2.31. The van der Waals surface area contributed by atoms with Gasteiger partial charge in [0.2, 0.25) is 0 Å². The van der Waals surface area contributed by atoms with E-state index in [1.54, 1.807) is 32.0 Å². The number of hydrogen-bond donors (Lipinski definition) is 2. The number of carbonyl (C=O) groups excluding carboxylic acids is 1. The van der Waals surface area contributed by atoms with Crippen LogP contribution < -0.4 is 4.52 Å². The maximum atomic E-state index is 11.5. The summed E-state index contributed by atoms with van der Waals surface area (Å²) < 4.78 is 15.4. The van der Waals surface area contributed by atoms with E-state index in [1.165, 1.54) is 19.4 Å². The third-order valence-corrected chi connectivity index (χ3v) is 3.09. The highest BCUT2D eigenvalue weighted by atomic mass is 31.2. The number of para-hydroxylation sites is 1. The molecule has 0 aromatic heterocycles. The molecule has 6 heteroatoms. The van der Waals surface area contributed by atoms with Crippen LogP contribution in [0.1, 0.15) is 46.6 Å². The van der Waals surface area contributed by atoms with Gasteiger partial charge in [-0.15, -0.1) is 0 Å². The number of ketones is 1. The zero-order chi connectivity index (χ0) is 16.0. The van der Waals surface area contributed by atoms with Crippen LogP contribution in [0.2, 0.25) is 0 Å². The average molecular weight is 302 g/mol. The molecule has 0 amide bonds. The fourth-order valence-electron chi connectivity index (χ4n) is 1.38. The van der Waals surface area contributed by atoms with Crippen molar-refractivity contribution in [3.8, 4) is 5.75 Å². The maximum absolute atomic E-state index is 11.5. The molecule has 1 rings (SSSR count). The Morgan fingerprint density at radius 3 is 2.10 bits per heavy atom. The zero-order valence-corrected chi connectivity index (χ0v) is 13.5. The van der Waals surface area contributed by atoms with Crippen molar-refractivity contribution in [2.75, 3.05) is 0 Å². The second kappa shape index (κ2) is 7.58. The number of benzene rings is 1. The van der Waals surface area contributed by atoms with Crippen LogP contribution in [0.15, 0.2) is 24.3 Å². The SMILES string of the molecule is CC(=O)C(C)(C)c1ccccc1OP(=O)(O)O.CCC.